The van der Waals surface area contributed by atoms with E-state index >= 15 is 0 Å². The molecule has 0 aliphatic carbocycles. The molecule has 0 radical (unpaired) electrons. The van der Waals surface area contributed by atoms with Gasteiger partial charge in [-0.2, -0.15) is 0 Å². The van der Waals surface area contributed by atoms with Crippen LogP contribution in [-0.2, 0) is 4.74 Å². The Hall–Kier alpha value is -1.02. The number of hydrogen-bond donors (Lipinski definition) is 0. The molecule has 2 heteroatoms. The highest BCUT2D eigenvalue weighted by atomic mass is 16.7. The predicted octanol–water partition coefficient (Wildman–Crippen LogP) is 3.08. The van der Waals surface area contributed by atoms with Crippen molar-refractivity contribution in [2.75, 3.05) is 6.61 Å². The molecule has 0 saturated heterocycles. The van der Waals surface area contributed by atoms with Crippen LogP contribution in [0.5, 0.6) is 5.75 Å². The van der Waals surface area contributed by atoms with Gasteiger partial charge in [0.1, 0.15) is 5.75 Å². The van der Waals surface area contributed by atoms with Gasteiger partial charge in [0.05, 0.1) is 6.61 Å². The Morgan fingerprint density at radius 2 is 1.71 bits per heavy atom. The number of hydrogen-bond acceptors (Lipinski definition) is 2. The first-order valence-electron chi connectivity index (χ1n) is 5.02. The molecule has 0 aromatic heterocycles. The zero-order valence-electron chi connectivity index (χ0n) is 9.07. The van der Waals surface area contributed by atoms with Crippen molar-refractivity contribution in [1.29, 1.82) is 0 Å². The minimum atomic E-state index is -0.181. The molecule has 0 saturated carbocycles. The molecule has 0 fully saturated rings. The van der Waals surface area contributed by atoms with Gasteiger partial charge in [-0.25, -0.2) is 0 Å². The Kier molecular flexibility index (Phi) is 4.47. The van der Waals surface area contributed by atoms with Crippen molar-refractivity contribution >= 4 is 0 Å². The minimum Gasteiger partial charge on any atom is -0.465 e. The van der Waals surface area contributed by atoms with Gasteiger partial charge in [-0.3, -0.25) is 0 Å². The topological polar surface area (TPSA) is 18.5 Å². The second-order valence-electron chi connectivity index (χ2n) is 3.73. The van der Waals surface area contributed by atoms with E-state index in [1.165, 1.54) is 0 Å². The Labute approximate surface area is 85.8 Å². The van der Waals surface area contributed by atoms with Gasteiger partial charge in [0.15, 0.2) is 6.29 Å². The van der Waals surface area contributed by atoms with Crippen LogP contribution >= 0.6 is 0 Å². The third-order valence-corrected chi connectivity index (χ3v) is 1.71. The highest BCUT2D eigenvalue weighted by Gasteiger charge is 2.04. The average molecular weight is 194 g/mol. The van der Waals surface area contributed by atoms with Crippen LogP contribution < -0.4 is 4.74 Å². The van der Waals surface area contributed by atoms with Crippen molar-refractivity contribution < 1.29 is 9.47 Å². The van der Waals surface area contributed by atoms with Gasteiger partial charge in [0.2, 0.25) is 0 Å². The zero-order valence-corrected chi connectivity index (χ0v) is 9.07. The lowest BCUT2D eigenvalue weighted by molar-refractivity contribution is -0.0755. The lowest BCUT2D eigenvalue weighted by Crippen LogP contribution is -2.18. The molecule has 14 heavy (non-hydrogen) atoms. The molecule has 0 aliphatic rings. The molecule has 2 nitrogen and oxygen atoms in total. The second kappa shape index (κ2) is 5.66. The fraction of sp³-hybridized carbons (Fsp3) is 0.500. The van der Waals surface area contributed by atoms with Crippen molar-refractivity contribution in [2.45, 2.75) is 27.1 Å². The third kappa shape index (κ3) is 4.28. The van der Waals surface area contributed by atoms with Crippen LogP contribution in [0.15, 0.2) is 30.3 Å². The first-order chi connectivity index (χ1) is 6.68. The molecule has 0 heterocycles. The molecule has 0 amide bonds. The van der Waals surface area contributed by atoms with Crippen LogP contribution in [0.3, 0.4) is 0 Å². The molecule has 0 aliphatic heterocycles. The molecule has 0 N–H and O–H groups in total. The van der Waals surface area contributed by atoms with Gasteiger partial charge in [-0.1, -0.05) is 32.0 Å². The molecular formula is C12H18O2. The molecule has 1 aromatic rings. The number of para-hydroxylation sites is 1. The summed E-state index contributed by atoms with van der Waals surface area (Å²) in [6.07, 6.45) is -0.181. The van der Waals surface area contributed by atoms with E-state index in [0.717, 1.165) is 12.4 Å². The first-order valence-corrected chi connectivity index (χ1v) is 5.02. The maximum absolute atomic E-state index is 5.54. The van der Waals surface area contributed by atoms with Crippen LogP contribution in [0.25, 0.3) is 0 Å². The fourth-order valence-corrected chi connectivity index (χ4v) is 1.05. The maximum atomic E-state index is 5.54. The minimum absolute atomic E-state index is 0.181. The molecule has 1 atom stereocenters. The summed E-state index contributed by atoms with van der Waals surface area (Å²) in [4.78, 5) is 0. The third-order valence-electron chi connectivity index (χ3n) is 1.71. The van der Waals surface area contributed by atoms with Gasteiger partial charge in [-0.15, -0.1) is 0 Å². The molecular weight excluding hydrogens is 176 g/mol. The Balaban J connectivity index is 2.30. The standard InChI is InChI=1S/C12H18O2/c1-10(2)9-13-11(3)14-12-7-5-4-6-8-12/h4-8,10-11H,9H2,1-3H3. The summed E-state index contributed by atoms with van der Waals surface area (Å²) < 4.78 is 11.0. The van der Waals surface area contributed by atoms with E-state index in [9.17, 15) is 0 Å². The van der Waals surface area contributed by atoms with E-state index in [4.69, 9.17) is 9.47 Å². The number of rotatable bonds is 5. The van der Waals surface area contributed by atoms with E-state index < -0.39 is 0 Å². The number of ether oxygens (including phenoxy) is 2. The highest BCUT2D eigenvalue weighted by molar-refractivity contribution is 5.20. The summed E-state index contributed by atoms with van der Waals surface area (Å²) in [5.74, 6) is 1.39. The van der Waals surface area contributed by atoms with E-state index in [0.29, 0.717) is 5.92 Å². The highest BCUT2D eigenvalue weighted by Crippen LogP contribution is 2.11. The molecule has 78 valence electrons. The maximum Gasteiger partial charge on any atom is 0.196 e. The lowest BCUT2D eigenvalue weighted by Gasteiger charge is -2.16. The zero-order chi connectivity index (χ0) is 10.4. The van der Waals surface area contributed by atoms with Crippen molar-refractivity contribution in [2.24, 2.45) is 5.92 Å². The molecule has 0 bridgehead atoms. The van der Waals surface area contributed by atoms with Crippen LogP contribution in [-0.4, -0.2) is 12.9 Å². The van der Waals surface area contributed by atoms with Crippen LogP contribution in [0.2, 0.25) is 0 Å². The summed E-state index contributed by atoms with van der Waals surface area (Å²) in [6, 6.07) is 9.71. The summed E-state index contributed by atoms with van der Waals surface area (Å²) >= 11 is 0. The molecule has 0 spiro atoms. The van der Waals surface area contributed by atoms with Gasteiger partial charge in [0.25, 0.3) is 0 Å². The SMILES string of the molecule is CC(C)COC(C)Oc1ccccc1. The largest absolute Gasteiger partial charge is 0.465 e. The number of benzene rings is 1. The molecule has 1 aromatic carbocycles. The smallest absolute Gasteiger partial charge is 0.196 e. The Bertz CT molecular complexity index is 244. The summed E-state index contributed by atoms with van der Waals surface area (Å²) in [5.41, 5.74) is 0. The average Bonchev–Trinajstić information content (AvgIpc) is 2.16. The Morgan fingerprint density at radius 1 is 1.07 bits per heavy atom. The Morgan fingerprint density at radius 3 is 2.29 bits per heavy atom. The molecule has 1 unspecified atom stereocenters. The van der Waals surface area contributed by atoms with Crippen LogP contribution in [0.4, 0.5) is 0 Å². The van der Waals surface area contributed by atoms with Crippen molar-refractivity contribution in [3.05, 3.63) is 30.3 Å². The predicted molar refractivity (Wildman–Crippen MR) is 57.3 cm³/mol. The quantitative estimate of drug-likeness (QED) is 0.671. The van der Waals surface area contributed by atoms with E-state index in [2.05, 4.69) is 13.8 Å². The van der Waals surface area contributed by atoms with Crippen LogP contribution in [0.1, 0.15) is 20.8 Å². The van der Waals surface area contributed by atoms with E-state index in [1.807, 2.05) is 37.3 Å². The molecule has 1 rings (SSSR count). The fourth-order valence-electron chi connectivity index (χ4n) is 1.05. The summed E-state index contributed by atoms with van der Waals surface area (Å²) in [7, 11) is 0. The van der Waals surface area contributed by atoms with Crippen molar-refractivity contribution in [3.63, 3.8) is 0 Å². The monoisotopic (exact) mass is 194 g/mol. The van der Waals surface area contributed by atoms with Gasteiger partial charge in [0, 0.05) is 0 Å². The van der Waals surface area contributed by atoms with Crippen molar-refractivity contribution in [1.82, 2.24) is 0 Å². The summed E-state index contributed by atoms with van der Waals surface area (Å²) in [5, 5.41) is 0. The van der Waals surface area contributed by atoms with E-state index in [-0.39, 0.29) is 6.29 Å². The van der Waals surface area contributed by atoms with E-state index in [1.54, 1.807) is 0 Å². The van der Waals surface area contributed by atoms with Gasteiger partial charge in [-0.05, 0) is 25.0 Å². The van der Waals surface area contributed by atoms with Gasteiger partial charge < -0.3 is 9.47 Å². The first kappa shape index (κ1) is 11.1. The summed E-state index contributed by atoms with van der Waals surface area (Å²) in [6.45, 7) is 6.88. The van der Waals surface area contributed by atoms with Gasteiger partial charge >= 0.3 is 0 Å². The lowest BCUT2D eigenvalue weighted by atomic mass is 10.2. The normalized spacial score (nSPS) is 12.9. The van der Waals surface area contributed by atoms with Crippen LogP contribution in [0, 0.1) is 5.92 Å². The second-order valence-corrected chi connectivity index (χ2v) is 3.73. The van der Waals surface area contributed by atoms with Crippen molar-refractivity contribution in [3.8, 4) is 5.75 Å².